The van der Waals surface area contributed by atoms with Crippen LogP contribution < -0.4 is 16.0 Å². The van der Waals surface area contributed by atoms with Gasteiger partial charge in [0.1, 0.15) is 11.6 Å². The van der Waals surface area contributed by atoms with Gasteiger partial charge >= 0.3 is 12.3 Å². The van der Waals surface area contributed by atoms with Crippen LogP contribution in [-0.2, 0) is 22.3 Å². The molecule has 2 aliphatic rings. The fourth-order valence-electron chi connectivity index (χ4n) is 6.31. The quantitative estimate of drug-likeness (QED) is 0.138. The van der Waals surface area contributed by atoms with E-state index in [0.717, 1.165) is 24.3 Å². The van der Waals surface area contributed by atoms with Gasteiger partial charge in [-0.25, -0.2) is 18.6 Å². The van der Waals surface area contributed by atoms with E-state index in [-0.39, 0.29) is 43.5 Å². The Morgan fingerprint density at radius 2 is 1.85 bits per heavy atom. The molecule has 1 aromatic heterocycles. The molecule has 0 spiro atoms. The first-order valence-corrected chi connectivity index (χ1v) is 15.5. The molecule has 2 aliphatic heterocycles. The number of alkyl halides is 3. The average molecular weight is 678 g/mol. The minimum atomic E-state index is -4.55. The molecule has 3 heterocycles. The largest absolute Gasteiger partial charge is 0.416 e. The molecule has 2 atom stereocenters. The van der Waals surface area contributed by atoms with Crippen LogP contribution in [0.1, 0.15) is 48.3 Å². The van der Waals surface area contributed by atoms with Crippen molar-refractivity contribution >= 4 is 29.5 Å². The maximum atomic E-state index is 15.0. The third-order valence-electron chi connectivity index (χ3n) is 8.71. The summed E-state index contributed by atoms with van der Waals surface area (Å²) in [6.07, 6.45) is -1.82. The van der Waals surface area contributed by atoms with E-state index in [9.17, 15) is 36.6 Å². The van der Waals surface area contributed by atoms with Crippen molar-refractivity contribution < 1.29 is 41.4 Å². The minimum absolute atomic E-state index is 0.0777. The zero-order chi connectivity index (χ0) is 34.6. The number of anilines is 2. The van der Waals surface area contributed by atoms with E-state index >= 15 is 0 Å². The van der Waals surface area contributed by atoms with Crippen LogP contribution in [0.25, 0.3) is 0 Å². The van der Waals surface area contributed by atoms with Crippen molar-refractivity contribution in [3.8, 4) is 0 Å². The third kappa shape index (κ3) is 8.47. The summed E-state index contributed by atoms with van der Waals surface area (Å²) in [4.78, 5) is 32.6. The van der Waals surface area contributed by atoms with E-state index < -0.39 is 53.3 Å². The summed E-state index contributed by atoms with van der Waals surface area (Å²) in [5, 5.41) is 20.4. The zero-order valence-electron chi connectivity index (χ0n) is 25.8. The minimum Gasteiger partial charge on any atom is -0.396 e. The van der Waals surface area contributed by atoms with Crippen LogP contribution in [0.5, 0.6) is 0 Å². The number of imidazole rings is 1. The summed E-state index contributed by atoms with van der Waals surface area (Å²) in [6.45, 7) is 1.66. The Hall–Kier alpha value is -4.57. The maximum absolute atomic E-state index is 15.0. The molecule has 3 aromatic rings. The van der Waals surface area contributed by atoms with Gasteiger partial charge in [-0.3, -0.25) is 15.5 Å². The van der Waals surface area contributed by atoms with Gasteiger partial charge in [-0.2, -0.15) is 13.2 Å². The Labute approximate surface area is 273 Å². The van der Waals surface area contributed by atoms with Crippen molar-refractivity contribution in [3.63, 3.8) is 0 Å². The maximum Gasteiger partial charge on any atom is 0.416 e. The SMILES string of the molecule is N=C(CCCN1C[C@@H](C(=O)Nc2nccn2Cc2ccc(C(F)(F)F)cc2N2CCC(O)CC2)[C@H](c2ccc(F)cc2F)C1)OC(N)=O. The Morgan fingerprint density at radius 1 is 1.10 bits per heavy atom. The lowest BCUT2D eigenvalue weighted by atomic mass is 9.88. The van der Waals surface area contributed by atoms with Gasteiger partial charge in [-0.1, -0.05) is 12.1 Å². The van der Waals surface area contributed by atoms with Gasteiger partial charge in [0.25, 0.3) is 0 Å². The lowest BCUT2D eigenvalue weighted by Gasteiger charge is -2.33. The molecule has 0 radical (unpaired) electrons. The first-order valence-electron chi connectivity index (χ1n) is 15.5. The molecule has 5 rings (SSSR count). The van der Waals surface area contributed by atoms with Crippen LogP contribution in [0.3, 0.4) is 0 Å². The zero-order valence-corrected chi connectivity index (χ0v) is 25.8. The molecule has 0 saturated carbocycles. The highest BCUT2D eigenvalue weighted by Gasteiger charge is 2.40. The highest BCUT2D eigenvalue weighted by molar-refractivity contribution is 5.92. The molecule has 0 bridgehead atoms. The average Bonchev–Trinajstić information content (AvgIpc) is 3.63. The molecule has 0 unspecified atom stereocenters. The number of aromatic nitrogens is 2. The second-order valence-electron chi connectivity index (χ2n) is 12.0. The van der Waals surface area contributed by atoms with E-state index in [1.807, 2.05) is 9.80 Å². The number of nitrogens with zero attached hydrogens (tertiary/aromatic N) is 4. The Kier molecular flexibility index (Phi) is 10.6. The second kappa shape index (κ2) is 14.7. The highest BCUT2D eigenvalue weighted by Crippen LogP contribution is 2.37. The number of nitrogens with two attached hydrogens (primary N) is 1. The number of benzene rings is 2. The first-order chi connectivity index (χ1) is 22.8. The number of halogens is 5. The van der Waals surface area contributed by atoms with Crippen LogP contribution >= 0.6 is 0 Å². The van der Waals surface area contributed by atoms with Crippen molar-refractivity contribution in [2.75, 3.05) is 42.9 Å². The molecule has 2 fully saturated rings. The summed E-state index contributed by atoms with van der Waals surface area (Å²) in [6, 6.07) is 6.68. The molecule has 2 aromatic carbocycles. The van der Waals surface area contributed by atoms with Crippen LogP contribution in [0, 0.1) is 23.0 Å². The van der Waals surface area contributed by atoms with Crippen LogP contribution in [0.2, 0.25) is 0 Å². The topological polar surface area (TPSA) is 150 Å². The normalized spacial score (nSPS) is 19.0. The van der Waals surface area contributed by atoms with Gasteiger partial charge in [-0.15, -0.1) is 0 Å². The molecule has 2 saturated heterocycles. The van der Waals surface area contributed by atoms with E-state index in [1.165, 1.54) is 18.3 Å². The summed E-state index contributed by atoms with van der Waals surface area (Å²) >= 11 is 0. The summed E-state index contributed by atoms with van der Waals surface area (Å²) in [5.74, 6) is -3.67. The Balaban J connectivity index is 1.34. The van der Waals surface area contributed by atoms with E-state index in [4.69, 9.17) is 11.1 Å². The number of primary amides is 1. The highest BCUT2D eigenvalue weighted by atomic mass is 19.4. The number of ether oxygens (including phenoxy) is 1. The van der Waals surface area contributed by atoms with Gasteiger partial charge in [0.2, 0.25) is 11.9 Å². The molecule has 48 heavy (non-hydrogen) atoms. The van der Waals surface area contributed by atoms with Crippen LogP contribution in [-0.4, -0.2) is 76.3 Å². The van der Waals surface area contributed by atoms with Crippen molar-refractivity contribution in [3.05, 3.63) is 77.1 Å². The second-order valence-corrected chi connectivity index (χ2v) is 12.0. The predicted molar refractivity (Wildman–Crippen MR) is 166 cm³/mol. The molecule has 16 heteroatoms. The molecule has 2 amide bonds. The van der Waals surface area contributed by atoms with Gasteiger partial charge < -0.3 is 29.9 Å². The number of carbonyl (C=O) groups is 2. The predicted octanol–water partition coefficient (Wildman–Crippen LogP) is 4.70. The lowest BCUT2D eigenvalue weighted by Crippen LogP contribution is -2.36. The number of nitrogens with one attached hydrogen (secondary N) is 2. The van der Waals surface area contributed by atoms with Crippen molar-refractivity contribution in [1.82, 2.24) is 14.5 Å². The Bertz CT molecular complexity index is 1640. The van der Waals surface area contributed by atoms with Crippen molar-refractivity contribution in [2.45, 2.75) is 50.4 Å². The van der Waals surface area contributed by atoms with Crippen molar-refractivity contribution in [2.24, 2.45) is 11.7 Å². The first kappa shape index (κ1) is 34.8. The van der Waals surface area contributed by atoms with E-state index in [0.29, 0.717) is 50.1 Å². The van der Waals surface area contributed by atoms with Crippen LogP contribution in [0.4, 0.5) is 38.4 Å². The number of piperidine rings is 1. The van der Waals surface area contributed by atoms with Gasteiger partial charge in [0, 0.05) is 62.7 Å². The summed E-state index contributed by atoms with van der Waals surface area (Å²) in [5.41, 5.74) is 5.23. The lowest BCUT2D eigenvalue weighted by molar-refractivity contribution is -0.137. The molecule has 5 N–H and O–H groups in total. The number of rotatable bonds is 10. The smallest absolute Gasteiger partial charge is 0.396 e. The molecule has 0 aliphatic carbocycles. The van der Waals surface area contributed by atoms with Gasteiger partial charge in [0.05, 0.1) is 24.1 Å². The third-order valence-corrected chi connectivity index (χ3v) is 8.71. The monoisotopic (exact) mass is 677 g/mol. The van der Waals surface area contributed by atoms with E-state index in [1.54, 1.807) is 10.8 Å². The van der Waals surface area contributed by atoms with E-state index in [2.05, 4.69) is 15.0 Å². The molecule has 258 valence electrons. The fourth-order valence-corrected chi connectivity index (χ4v) is 6.31. The molecular weight excluding hydrogens is 641 g/mol. The summed E-state index contributed by atoms with van der Waals surface area (Å²) < 4.78 is 75.8. The standard InChI is InChI=1S/C32H36F5N7O4/c33-21-5-6-23(26(34)15-21)24-17-42(10-1-2-28(38)48-30(39)47)18-25(24)29(46)41-31-40-9-13-44(31)16-19-3-4-20(32(35,36)37)14-27(19)43-11-7-22(45)8-12-43/h3-6,9,13-15,22,24-25,38,45H,1-2,7-8,10-12,16-18H2,(H2,39,47)(H,40,41,46)/t24-,25+/m0/s1. The van der Waals surface area contributed by atoms with Gasteiger partial charge in [0.15, 0.2) is 5.90 Å². The number of amides is 2. The number of aliphatic hydroxyl groups excluding tert-OH is 1. The number of hydrogen-bond donors (Lipinski definition) is 4. The number of likely N-dealkylation sites (tertiary alicyclic amines) is 1. The molecular formula is C32H36F5N7O4. The number of aliphatic hydroxyl groups is 1. The van der Waals surface area contributed by atoms with Crippen LogP contribution in [0.15, 0.2) is 48.8 Å². The number of carbonyl (C=O) groups excluding carboxylic acids is 2. The number of hydrogen-bond acceptors (Lipinski definition) is 8. The Morgan fingerprint density at radius 3 is 2.54 bits per heavy atom. The van der Waals surface area contributed by atoms with Gasteiger partial charge in [-0.05, 0) is 55.1 Å². The van der Waals surface area contributed by atoms with Crippen molar-refractivity contribution in [1.29, 1.82) is 5.41 Å². The fraction of sp³-hybridized carbons (Fsp3) is 0.438. The molecule has 11 nitrogen and oxygen atoms in total. The summed E-state index contributed by atoms with van der Waals surface area (Å²) in [7, 11) is 0.